The van der Waals surface area contributed by atoms with Crippen LogP contribution in [-0.4, -0.2) is 92.1 Å². The Kier molecular flexibility index (Phi) is 8.37. The molecule has 0 bridgehead atoms. The summed E-state index contributed by atoms with van der Waals surface area (Å²) in [5.41, 5.74) is 2.45. The van der Waals surface area contributed by atoms with Crippen LogP contribution >= 0.6 is 0 Å². The fraction of sp³-hybridized carbons (Fsp3) is 0.414. The lowest BCUT2D eigenvalue weighted by molar-refractivity contribution is -0.124. The predicted octanol–water partition coefficient (Wildman–Crippen LogP) is 2.56. The number of nitrogens with zero attached hydrogens (tertiary/aromatic N) is 4. The number of ether oxygens (including phenoxy) is 1. The highest BCUT2D eigenvalue weighted by Crippen LogP contribution is 2.31. The zero-order valence-corrected chi connectivity index (χ0v) is 24.9. The summed E-state index contributed by atoms with van der Waals surface area (Å²) in [4.78, 5) is 30.6. The van der Waals surface area contributed by atoms with Crippen molar-refractivity contribution in [3.8, 4) is 0 Å². The topological polar surface area (TPSA) is 140 Å². The summed E-state index contributed by atoms with van der Waals surface area (Å²) in [6, 6.07) is 7.39. The SMILES string of the molecule is CN1CCN(c2ccc(C(=O)Nc3n[nH]c4c3CN(S(=O)(=O)c3cc(F)cc(F)c3)CC4)c(NC(=O)[C@@H]3CCCO3)c2)CC1. The Balaban J connectivity index is 1.24. The second kappa shape index (κ2) is 12.2. The summed E-state index contributed by atoms with van der Waals surface area (Å²) >= 11 is 0. The van der Waals surface area contributed by atoms with Gasteiger partial charge in [-0.2, -0.15) is 9.40 Å². The number of halogens is 2. The van der Waals surface area contributed by atoms with Gasteiger partial charge in [0, 0.05) is 75.3 Å². The van der Waals surface area contributed by atoms with E-state index < -0.39 is 38.6 Å². The summed E-state index contributed by atoms with van der Waals surface area (Å²) in [7, 11) is -2.18. The number of hydrogen-bond acceptors (Lipinski definition) is 8. The van der Waals surface area contributed by atoms with Crippen LogP contribution in [0, 0.1) is 11.6 Å². The molecular formula is C29H33F2N7O5S. The van der Waals surface area contributed by atoms with Crippen molar-refractivity contribution in [2.24, 2.45) is 0 Å². The molecule has 3 aliphatic heterocycles. The second-order valence-electron chi connectivity index (χ2n) is 11.2. The maximum atomic E-state index is 13.8. The van der Waals surface area contributed by atoms with E-state index in [1.807, 2.05) is 6.07 Å². The van der Waals surface area contributed by atoms with Crippen molar-refractivity contribution in [3.05, 3.63) is 64.9 Å². The Morgan fingerprint density at radius 1 is 1.02 bits per heavy atom. The molecule has 2 saturated heterocycles. The number of rotatable bonds is 7. The second-order valence-corrected chi connectivity index (χ2v) is 13.1. The van der Waals surface area contributed by atoms with Crippen molar-refractivity contribution >= 4 is 39.0 Å². The number of benzene rings is 2. The summed E-state index contributed by atoms with van der Waals surface area (Å²) in [6.45, 7) is 3.72. The molecule has 0 spiro atoms. The van der Waals surface area contributed by atoms with E-state index in [4.69, 9.17) is 4.74 Å². The van der Waals surface area contributed by atoms with Gasteiger partial charge in [0.1, 0.15) is 17.7 Å². The number of piperazine rings is 1. The number of aromatic amines is 1. The molecule has 2 fully saturated rings. The van der Waals surface area contributed by atoms with Crippen molar-refractivity contribution in [2.45, 2.75) is 36.8 Å². The Labute approximate surface area is 253 Å². The first-order chi connectivity index (χ1) is 21.1. The van der Waals surface area contributed by atoms with E-state index in [1.54, 1.807) is 12.1 Å². The van der Waals surface area contributed by atoms with Gasteiger partial charge in [0.2, 0.25) is 10.0 Å². The van der Waals surface area contributed by atoms with Crippen LogP contribution in [0.5, 0.6) is 0 Å². The van der Waals surface area contributed by atoms with Gasteiger partial charge in [-0.05, 0) is 50.2 Å². The average Bonchev–Trinajstić information content (AvgIpc) is 3.68. The molecule has 6 rings (SSSR count). The van der Waals surface area contributed by atoms with E-state index in [-0.39, 0.29) is 36.8 Å². The molecule has 1 aromatic heterocycles. The zero-order valence-electron chi connectivity index (χ0n) is 24.1. The molecule has 1 atom stereocenters. The van der Waals surface area contributed by atoms with Gasteiger partial charge in [0.25, 0.3) is 11.8 Å². The summed E-state index contributed by atoms with van der Waals surface area (Å²) in [5.74, 6) is -2.77. The lowest BCUT2D eigenvalue weighted by atomic mass is 10.1. The maximum absolute atomic E-state index is 13.8. The minimum atomic E-state index is -4.24. The number of carbonyl (C=O) groups excluding carboxylic acids is 2. The van der Waals surface area contributed by atoms with Gasteiger partial charge in [-0.15, -0.1) is 0 Å². The first-order valence-corrected chi connectivity index (χ1v) is 15.9. The van der Waals surface area contributed by atoms with Crippen LogP contribution in [0.25, 0.3) is 0 Å². The van der Waals surface area contributed by atoms with E-state index in [0.29, 0.717) is 36.0 Å². The third-order valence-corrected chi connectivity index (χ3v) is 10.0. The Morgan fingerprint density at radius 3 is 2.48 bits per heavy atom. The molecule has 3 aliphatic rings. The van der Waals surface area contributed by atoms with Crippen molar-refractivity contribution in [2.75, 3.05) is 61.9 Å². The predicted molar refractivity (Wildman–Crippen MR) is 158 cm³/mol. The normalized spacial score (nSPS) is 19.5. The highest BCUT2D eigenvalue weighted by molar-refractivity contribution is 7.89. The van der Waals surface area contributed by atoms with Crippen LogP contribution < -0.4 is 15.5 Å². The number of likely N-dealkylation sites (N-methyl/N-ethyl adjacent to an activating group) is 1. The first-order valence-electron chi connectivity index (χ1n) is 14.4. The number of amides is 2. The molecule has 15 heteroatoms. The summed E-state index contributed by atoms with van der Waals surface area (Å²) in [6.07, 6.45) is 1.01. The van der Waals surface area contributed by atoms with Crippen LogP contribution in [0.15, 0.2) is 41.3 Å². The smallest absolute Gasteiger partial charge is 0.258 e. The number of hydrogen-bond donors (Lipinski definition) is 3. The highest BCUT2D eigenvalue weighted by atomic mass is 32.2. The van der Waals surface area contributed by atoms with Gasteiger partial charge in [-0.3, -0.25) is 14.7 Å². The molecule has 0 saturated carbocycles. The molecular weight excluding hydrogens is 596 g/mol. The number of aromatic nitrogens is 2. The maximum Gasteiger partial charge on any atom is 0.258 e. The third-order valence-electron chi connectivity index (χ3n) is 8.20. The molecule has 234 valence electrons. The Morgan fingerprint density at radius 2 is 1.77 bits per heavy atom. The molecule has 0 unspecified atom stereocenters. The van der Waals surface area contributed by atoms with Gasteiger partial charge in [0.15, 0.2) is 5.82 Å². The number of H-pyrrole nitrogens is 1. The van der Waals surface area contributed by atoms with E-state index in [2.05, 4.69) is 37.7 Å². The molecule has 12 nitrogen and oxygen atoms in total. The summed E-state index contributed by atoms with van der Waals surface area (Å²) < 4.78 is 60.7. The van der Waals surface area contributed by atoms with Gasteiger partial charge in [-0.1, -0.05) is 0 Å². The minimum absolute atomic E-state index is 0.0518. The molecule has 44 heavy (non-hydrogen) atoms. The van der Waals surface area contributed by atoms with E-state index >= 15 is 0 Å². The number of anilines is 3. The molecule has 0 aliphatic carbocycles. The first kappa shape index (κ1) is 30.1. The lowest BCUT2D eigenvalue weighted by Gasteiger charge is -2.34. The van der Waals surface area contributed by atoms with Crippen LogP contribution in [0.1, 0.15) is 34.5 Å². The quantitative estimate of drug-likeness (QED) is 0.363. The van der Waals surface area contributed by atoms with Crippen LogP contribution in [0.3, 0.4) is 0 Å². The fourth-order valence-electron chi connectivity index (χ4n) is 5.67. The van der Waals surface area contributed by atoms with E-state index in [1.165, 1.54) is 0 Å². The number of fused-ring (bicyclic) bond motifs is 1. The standard InChI is InChI=1S/C29H33F2N7O5S/c1-36-8-10-37(11-9-36)20-4-5-22(25(16-20)32-29(40)26-3-2-12-43-26)28(39)33-27-23-17-38(7-6-24(23)34-35-27)44(41,42)21-14-18(30)13-19(31)15-21/h4-5,13-16,26H,2-3,6-12,17H2,1H3,(H,32,40)(H2,33,34,35,39)/t26-/m0/s1. The fourth-order valence-corrected chi connectivity index (χ4v) is 7.12. The van der Waals surface area contributed by atoms with Crippen molar-refractivity contribution in [1.82, 2.24) is 19.4 Å². The third kappa shape index (κ3) is 6.18. The van der Waals surface area contributed by atoms with Gasteiger partial charge in [-0.25, -0.2) is 17.2 Å². The van der Waals surface area contributed by atoms with Gasteiger partial charge < -0.3 is 25.2 Å². The summed E-state index contributed by atoms with van der Waals surface area (Å²) in [5, 5.41) is 12.7. The molecule has 3 N–H and O–H groups in total. The van der Waals surface area contributed by atoms with Crippen LogP contribution in [0.4, 0.5) is 26.0 Å². The highest BCUT2D eigenvalue weighted by Gasteiger charge is 2.33. The molecule has 3 aromatic rings. The Hall–Kier alpha value is -3.92. The van der Waals surface area contributed by atoms with Crippen LogP contribution in [0.2, 0.25) is 0 Å². The van der Waals surface area contributed by atoms with Crippen LogP contribution in [-0.2, 0) is 32.5 Å². The van der Waals surface area contributed by atoms with Crippen molar-refractivity contribution in [1.29, 1.82) is 0 Å². The zero-order chi connectivity index (χ0) is 31.0. The van der Waals surface area contributed by atoms with Crippen molar-refractivity contribution in [3.63, 3.8) is 0 Å². The van der Waals surface area contributed by atoms with Crippen molar-refractivity contribution < 1.29 is 31.5 Å². The lowest BCUT2D eigenvalue weighted by Crippen LogP contribution is -2.44. The van der Waals surface area contributed by atoms with E-state index in [9.17, 15) is 26.8 Å². The van der Waals surface area contributed by atoms with E-state index in [0.717, 1.165) is 54.7 Å². The molecule has 2 amide bonds. The molecule has 0 radical (unpaired) electrons. The number of sulfonamides is 1. The molecule has 2 aromatic carbocycles. The van der Waals surface area contributed by atoms with Gasteiger partial charge in [0.05, 0.1) is 16.1 Å². The monoisotopic (exact) mass is 629 g/mol. The number of nitrogens with one attached hydrogen (secondary N) is 3. The minimum Gasteiger partial charge on any atom is -0.369 e. The number of carbonyl (C=O) groups is 2. The Bertz CT molecular complexity index is 1660. The largest absolute Gasteiger partial charge is 0.369 e. The molecule has 4 heterocycles. The average molecular weight is 630 g/mol. The van der Waals surface area contributed by atoms with Gasteiger partial charge >= 0.3 is 0 Å².